The van der Waals surface area contributed by atoms with E-state index in [1.807, 2.05) is 6.92 Å². The van der Waals surface area contributed by atoms with Crippen LogP contribution in [-0.4, -0.2) is 19.7 Å². The van der Waals surface area contributed by atoms with Crippen molar-refractivity contribution in [1.29, 1.82) is 0 Å². The van der Waals surface area contributed by atoms with Crippen LogP contribution in [0.3, 0.4) is 0 Å². The number of ether oxygens (including phenoxy) is 2. The van der Waals surface area contributed by atoms with Crippen LogP contribution in [0.1, 0.15) is 5.56 Å². The van der Waals surface area contributed by atoms with Crippen LogP contribution in [0.25, 0.3) is 11.0 Å². The summed E-state index contributed by atoms with van der Waals surface area (Å²) in [6.07, 6.45) is 0. The lowest BCUT2D eigenvalue weighted by atomic mass is 10.1. The number of benzene rings is 1. The minimum atomic E-state index is -0.471. The third-order valence-corrected chi connectivity index (χ3v) is 2.51. The van der Waals surface area contributed by atoms with Gasteiger partial charge in [0.1, 0.15) is 11.3 Å². The van der Waals surface area contributed by atoms with Gasteiger partial charge in [-0.15, -0.1) is 0 Å². The first-order chi connectivity index (χ1) is 8.60. The van der Waals surface area contributed by atoms with E-state index in [4.69, 9.17) is 9.15 Å². The monoisotopic (exact) mass is 248 g/mol. The molecule has 0 saturated heterocycles. The van der Waals surface area contributed by atoms with Crippen molar-refractivity contribution in [3.05, 3.63) is 40.2 Å². The van der Waals surface area contributed by atoms with Crippen molar-refractivity contribution in [1.82, 2.24) is 0 Å². The average Bonchev–Trinajstić information content (AvgIpc) is 2.35. The molecule has 0 bridgehead atoms. The van der Waals surface area contributed by atoms with Gasteiger partial charge in [-0.05, 0) is 24.6 Å². The Morgan fingerprint density at radius 3 is 2.83 bits per heavy atom. The van der Waals surface area contributed by atoms with E-state index in [-0.39, 0.29) is 6.61 Å². The van der Waals surface area contributed by atoms with Crippen molar-refractivity contribution in [2.75, 3.05) is 13.7 Å². The van der Waals surface area contributed by atoms with Crippen molar-refractivity contribution in [3.63, 3.8) is 0 Å². The van der Waals surface area contributed by atoms with Crippen LogP contribution >= 0.6 is 0 Å². The lowest BCUT2D eigenvalue weighted by Crippen LogP contribution is -2.12. The number of fused-ring (bicyclic) bond motifs is 1. The van der Waals surface area contributed by atoms with Gasteiger partial charge in [-0.25, -0.2) is 9.59 Å². The largest absolute Gasteiger partial charge is 0.482 e. The van der Waals surface area contributed by atoms with Crippen LogP contribution in [0.5, 0.6) is 5.75 Å². The molecule has 0 saturated carbocycles. The summed E-state index contributed by atoms with van der Waals surface area (Å²) in [7, 11) is 1.29. The van der Waals surface area contributed by atoms with Crippen LogP contribution in [0.15, 0.2) is 33.5 Å². The second-order valence-corrected chi connectivity index (χ2v) is 3.77. The van der Waals surface area contributed by atoms with Gasteiger partial charge in [0.25, 0.3) is 0 Å². The van der Waals surface area contributed by atoms with E-state index < -0.39 is 11.6 Å². The molecule has 2 rings (SSSR count). The molecule has 0 unspecified atom stereocenters. The van der Waals surface area contributed by atoms with Gasteiger partial charge < -0.3 is 13.9 Å². The highest BCUT2D eigenvalue weighted by atomic mass is 16.6. The zero-order valence-electron chi connectivity index (χ0n) is 10.1. The fraction of sp³-hybridized carbons (Fsp3) is 0.231. The van der Waals surface area contributed by atoms with Crippen LogP contribution in [0, 0.1) is 6.92 Å². The Bertz CT molecular complexity index is 641. The minimum absolute atomic E-state index is 0.182. The lowest BCUT2D eigenvalue weighted by molar-refractivity contribution is -0.142. The Morgan fingerprint density at radius 2 is 2.11 bits per heavy atom. The molecule has 5 heteroatoms. The maximum atomic E-state index is 11.2. The molecule has 5 nitrogen and oxygen atoms in total. The Kier molecular flexibility index (Phi) is 3.32. The van der Waals surface area contributed by atoms with Gasteiger partial charge >= 0.3 is 11.6 Å². The number of hydrogen-bond donors (Lipinski definition) is 0. The van der Waals surface area contributed by atoms with E-state index in [0.717, 1.165) is 10.9 Å². The van der Waals surface area contributed by atoms with E-state index in [1.165, 1.54) is 13.2 Å². The maximum absolute atomic E-state index is 11.2. The molecule has 0 N–H and O–H groups in total. The molecule has 0 aliphatic rings. The summed E-state index contributed by atoms with van der Waals surface area (Å²) in [5, 5.41) is 0.833. The molecule has 0 atom stereocenters. The van der Waals surface area contributed by atoms with E-state index >= 15 is 0 Å². The Morgan fingerprint density at radius 1 is 1.33 bits per heavy atom. The second-order valence-electron chi connectivity index (χ2n) is 3.77. The van der Waals surface area contributed by atoms with Gasteiger partial charge in [0, 0.05) is 17.5 Å². The summed E-state index contributed by atoms with van der Waals surface area (Å²) in [6.45, 7) is 1.65. The fourth-order valence-electron chi connectivity index (χ4n) is 1.60. The number of hydrogen-bond acceptors (Lipinski definition) is 5. The molecule has 0 fully saturated rings. The molecule has 1 heterocycles. The van der Waals surface area contributed by atoms with Crippen molar-refractivity contribution in [2.45, 2.75) is 6.92 Å². The van der Waals surface area contributed by atoms with Crippen LogP contribution in [0.4, 0.5) is 0 Å². The fourth-order valence-corrected chi connectivity index (χ4v) is 1.60. The van der Waals surface area contributed by atoms with Gasteiger partial charge in [0.05, 0.1) is 7.11 Å². The van der Waals surface area contributed by atoms with Crippen molar-refractivity contribution >= 4 is 16.9 Å². The highest BCUT2D eigenvalue weighted by Crippen LogP contribution is 2.22. The zero-order chi connectivity index (χ0) is 13.1. The number of rotatable bonds is 3. The quantitative estimate of drug-likeness (QED) is 0.610. The predicted molar refractivity (Wildman–Crippen MR) is 64.7 cm³/mol. The van der Waals surface area contributed by atoms with Crippen molar-refractivity contribution < 1.29 is 18.7 Å². The second kappa shape index (κ2) is 4.91. The van der Waals surface area contributed by atoms with Gasteiger partial charge in [-0.2, -0.15) is 0 Å². The number of carbonyl (C=O) groups is 1. The molecule has 1 aromatic carbocycles. The van der Waals surface area contributed by atoms with Gasteiger partial charge in [-0.3, -0.25) is 0 Å². The summed E-state index contributed by atoms with van der Waals surface area (Å²) in [5.74, 6) is -0.0255. The number of methoxy groups -OCH3 is 1. The van der Waals surface area contributed by atoms with Gasteiger partial charge in [0.2, 0.25) is 0 Å². The van der Waals surface area contributed by atoms with E-state index in [2.05, 4.69) is 4.74 Å². The molecule has 0 amide bonds. The van der Waals surface area contributed by atoms with Gasteiger partial charge in [-0.1, -0.05) is 0 Å². The highest BCUT2D eigenvalue weighted by molar-refractivity contribution is 5.81. The predicted octanol–water partition coefficient (Wildman–Crippen LogP) is 1.65. The van der Waals surface area contributed by atoms with E-state index in [9.17, 15) is 9.59 Å². The molecular weight excluding hydrogens is 236 g/mol. The summed E-state index contributed by atoms with van der Waals surface area (Å²) >= 11 is 0. The Labute approximate surface area is 103 Å². The normalized spacial score (nSPS) is 10.3. The van der Waals surface area contributed by atoms with E-state index in [0.29, 0.717) is 11.3 Å². The summed E-state index contributed by atoms with van der Waals surface area (Å²) in [4.78, 5) is 22.2. The number of esters is 1. The van der Waals surface area contributed by atoms with Crippen LogP contribution in [0.2, 0.25) is 0 Å². The standard InChI is InChI=1S/C13H12O5/c1-8-5-12(14)18-11-6-9(3-4-10(8)11)17-7-13(15)16-2/h3-6H,7H2,1-2H3. The molecule has 2 aromatic rings. The molecule has 0 aliphatic carbocycles. The molecule has 0 aliphatic heterocycles. The maximum Gasteiger partial charge on any atom is 0.343 e. The summed E-state index contributed by atoms with van der Waals surface area (Å²) < 4.78 is 14.7. The molecule has 0 spiro atoms. The van der Waals surface area contributed by atoms with Crippen LogP contribution in [-0.2, 0) is 9.53 Å². The smallest absolute Gasteiger partial charge is 0.343 e. The van der Waals surface area contributed by atoms with E-state index in [1.54, 1.807) is 18.2 Å². The lowest BCUT2D eigenvalue weighted by Gasteiger charge is -2.06. The molecule has 1 aromatic heterocycles. The summed E-state index contributed by atoms with van der Waals surface area (Å²) in [6, 6.07) is 6.49. The first-order valence-electron chi connectivity index (χ1n) is 5.34. The molecule has 0 radical (unpaired) electrons. The number of aryl methyl sites for hydroxylation is 1. The molecule has 18 heavy (non-hydrogen) atoms. The Hall–Kier alpha value is -2.30. The molecular formula is C13H12O5. The van der Waals surface area contributed by atoms with Crippen molar-refractivity contribution in [3.8, 4) is 5.75 Å². The first-order valence-corrected chi connectivity index (χ1v) is 5.34. The SMILES string of the molecule is COC(=O)COc1ccc2c(C)cc(=O)oc2c1. The number of carbonyl (C=O) groups excluding carboxylic acids is 1. The topological polar surface area (TPSA) is 65.7 Å². The Balaban J connectivity index is 2.32. The van der Waals surface area contributed by atoms with Crippen molar-refractivity contribution in [2.24, 2.45) is 0 Å². The average molecular weight is 248 g/mol. The van der Waals surface area contributed by atoms with Gasteiger partial charge in [0.15, 0.2) is 6.61 Å². The zero-order valence-corrected chi connectivity index (χ0v) is 10.1. The highest BCUT2D eigenvalue weighted by Gasteiger charge is 2.06. The summed E-state index contributed by atoms with van der Waals surface area (Å²) in [5.41, 5.74) is 0.855. The minimum Gasteiger partial charge on any atom is -0.482 e. The van der Waals surface area contributed by atoms with Crippen LogP contribution < -0.4 is 10.4 Å². The third-order valence-electron chi connectivity index (χ3n) is 2.51. The third kappa shape index (κ3) is 2.51. The first kappa shape index (κ1) is 12.2. The molecule has 94 valence electrons.